The lowest BCUT2D eigenvalue weighted by molar-refractivity contribution is 0.625. The van der Waals surface area contributed by atoms with Crippen molar-refractivity contribution in [1.29, 1.82) is 0 Å². The van der Waals surface area contributed by atoms with Gasteiger partial charge in [0.15, 0.2) is 5.96 Å². The topological polar surface area (TPSA) is 36.4 Å². The molecule has 0 saturated carbocycles. The van der Waals surface area contributed by atoms with Crippen molar-refractivity contribution in [1.82, 2.24) is 10.6 Å². The van der Waals surface area contributed by atoms with Crippen molar-refractivity contribution in [3.63, 3.8) is 0 Å². The van der Waals surface area contributed by atoms with E-state index in [9.17, 15) is 4.39 Å². The third-order valence-corrected chi connectivity index (χ3v) is 4.04. The molecule has 24 heavy (non-hydrogen) atoms. The van der Waals surface area contributed by atoms with Crippen LogP contribution in [0.1, 0.15) is 16.7 Å². The normalized spacial score (nSPS) is 10.9. The highest BCUT2D eigenvalue weighted by atomic mass is 127. The summed E-state index contributed by atoms with van der Waals surface area (Å²) in [5, 5.41) is 6.56. The Morgan fingerprint density at radius 1 is 1.04 bits per heavy atom. The van der Waals surface area contributed by atoms with Gasteiger partial charge in [-0.3, -0.25) is 4.99 Å². The molecular weight excluding hydrogens is 436 g/mol. The summed E-state index contributed by atoms with van der Waals surface area (Å²) in [6.07, 6.45) is 2.02. The molecule has 0 amide bonds. The van der Waals surface area contributed by atoms with Gasteiger partial charge in [-0.25, -0.2) is 4.39 Å². The van der Waals surface area contributed by atoms with E-state index in [1.807, 2.05) is 30.5 Å². The van der Waals surface area contributed by atoms with E-state index in [1.54, 1.807) is 24.9 Å². The Labute approximate surface area is 164 Å². The summed E-state index contributed by atoms with van der Waals surface area (Å²) in [5.41, 5.74) is 3.30. The van der Waals surface area contributed by atoms with Gasteiger partial charge >= 0.3 is 0 Å². The zero-order valence-electron chi connectivity index (χ0n) is 13.9. The molecule has 2 rings (SSSR count). The summed E-state index contributed by atoms with van der Waals surface area (Å²) in [6.45, 7) is 1.33. The molecule has 0 radical (unpaired) electrons. The monoisotopic (exact) mass is 459 g/mol. The minimum atomic E-state index is -0.190. The molecule has 0 fully saturated rings. The second kappa shape index (κ2) is 11.3. The number of rotatable bonds is 6. The van der Waals surface area contributed by atoms with Gasteiger partial charge in [-0.1, -0.05) is 36.4 Å². The van der Waals surface area contributed by atoms with Crippen LogP contribution in [0, 0.1) is 5.82 Å². The fourth-order valence-electron chi connectivity index (χ4n) is 2.24. The molecule has 0 aliphatic carbocycles. The highest BCUT2D eigenvalue weighted by Gasteiger charge is 2.05. The molecule has 0 aliphatic rings. The summed E-state index contributed by atoms with van der Waals surface area (Å²) in [7, 11) is 1.74. The lowest BCUT2D eigenvalue weighted by atomic mass is 10.1. The van der Waals surface area contributed by atoms with Crippen LogP contribution in [-0.4, -0.2) is 19.3 Å². The van der Waals surface area contributed by atoms with E-state index < -0.39 is 0 Å². The van der Waals surface area contributed by atoms with Crippen molar-refractivity contribution in [2.24, 2.45) is 4.99 Å². The fourth-order valence-corrected chi connectivity index (χ4v) is 2.82. The Kier molecular flexibility index (Phi) is 9.78. The molecule has 0 aromatic heterocycles. The van der Waals surface area contributed by atoms with Crippen LogP contribution in [-0.2, 0) is 18.8 Å². The van der Waals surface area contributed by atoms with Crippen molar-refractivity contribution in [3.05, 3.63) is 71.0 Å². The van der Waals surface area contributed by atoms with Crippen LogP contribution < -0.4 is 10.6 Å². The predicted molar refractivity (Wildman–Crippen MR) is 113 cm³/mol. The van der Waals surface area contributed by atoms with Crippen molar-refractivity contribution in [2.45, 2.75) is 18.8 Å². The Morgan fingerprint density at radius 3 is 2.42 bits per heavy atom. The molecule has 130 valence electrons. The maximum absolute atomic E-state index is 13.4. The number of nitrogens with zero attached hydrogens (tertiary/aromatic N) is 1. The van der Waals surface area contributed by atoms with Crippen LogP contribution in [0.15, 0.2) is 53.5 Å². The van der Waals surface area contributed by atoms with Crippen molar-refractivity contribution in [2.75, 3.05) is 13.3 Å². The summed E-state index contributed by atoms with van der Waals surface area (Å²) in [4.78, 5) is 4.23. The van der Waals surface area contributed by atoms with Gasteiger partial charge in [0.2, 0.25) is 0 Å². The van der Waals surface area contributed by atoms with Gasteiger partial charge in [-0.15, -0.1) is 24.0 Å². The lowest BCUT2D eigenvalue weighted by Crippen LogP contribution is -2.36. The number of benzene rings is 2. The molecule has 0 unspecified atom stereocenters. The van der Waals surface area contributed by atoms with E-state index in [4.69, 9.17) is 0 Å². The maximum Gasteiger partial charge on any atom is 0.191 e. The maximum atomic E-state index is 13.4. The van der Waals surface area contributed by atoms with E-state index >= 15 is 0 Å². The molecule has 0 heterocycles. The van der Waals surface area contributed by atoms with Crippen LogP contribution in [0.4, 0.5) is 4.39 Å². The average Bonchev–Trinajstić information content (AvgIpc) is 2.58. The van der Waals surface area contributed by atoms with Gasteiger partial charge in [0.05, 0.1) is 0 Å². The molecule has 0 spiro atoms. The number of thioether (sulfide) groups is 1. The molecule has 0 saturated heterocycles. The largest absolute Gasteiger partial charge is 0.352 e. The molecule has 0 atom stereocenters. The summed E-state index contributed by atoms with van der Waals surface area (Å²) < 4.78 is 13.4. The standard InChI is InChI=1S/C18H22FN3S.HI/c1-20-18(21-11-14-6-4-3-5-7-14)22-12-15-8-9-17(19)10-16(15)13-23-2;/h3-10H,11-13H2,1-2H3,(H2,20,21,22);1H. The molecule has 2 aromatic rings. The SMILES string of the molecule is CN=C(NCc1ccccc1)NCc1ccc(F)cc1CSC.I. The third kappa shape index (κ3) is 6.68. The van der Waals surface area contributed by atoms with Gasteiger partial charge in [-0.2, -0.15) is 11.8 Å². The zero-order valence-corrected chi connectivity index (χ0v) is 17.0. The third-order valence-electron chi connectivity index (χ3n) is 3.44. The Hall–Kier alpha value is -1.28. The first-order valence-corrected chi connectivity index (χ1v) is 8.87. The van der Waals surface area contributed by atoms with Crippen LogP contribution in [0.5, 0.6) is 0 Å². The highest BCUT2D eigenvalue weighted by molar-refractivity contribution is 14.0. The highest BCUT2D eigenvalue weighted by Crippen LogP contribution is 2.16. The zero-order chi connectivity index (χ0) is 16.5. The Morgan fingerprint density at radius 2 is 1.75 bits per heavy atom. The van der Waals surface area contributed by atoms with Crippen molar-refractivity contribution >= 4 is 41.7 Å². The average molecular weight is 459 g/mol. The molecule has 2 aromatic carbocycles. The number of nitrogens with one attached hydrogen (secondary N) is 2. The first-order valence-electron chi connectivity index (χ1n) is 7.47. The van der Waals surface area contributed by atoms with E-state index in [0.717, 1.165) is 22.8 Å². The summed E-state index contributed by atoms with van der Waals surface area (Å²) in [6, 6.07) is 15.1. The minimum absolute atomic E-state index is 0. The van der Waals surface area contributed by atoms with E-state index in [0.29, 0.717) is 13.1 Å². The van der Waals surface area contributed by atoms with Crippen LogP contribution in [0.2, 0.25) is 0 Å². The summed E-state index contributed by atoms with van der Waals surface area (Å²) in [5.74, 6) is 1.34. The molecule has 2 N–H and O–H groups in total. The molecule has 6 heteroatoms. The van der Waals surface area contributed by atoms with Gasteiger partial charge in [0, 0.05) is 25.9 Å². The number of halogens is 2. The molecule has 0 aliphatic heterocycles. The van der Waals surface area contributed by atoms with Crippen LogP contribution >= 0.6 is 35.7 Å². The number of guanidine groups is 1. The first-order chi connectivity index (χ1) is 11.2. The quantitative estimate of drug-likeness (QED) is 0.387. The Bertz CT molecular complexity index is 650. The van der Waals surface area contributed by atoms with E-state index in [2.05, 4.69) is 27.8 Å². The second-order valence-electron chi connectivity index (χ2n) is 5.11. The van der Waals surface area contributed by atoms with Gasteiger partial charge in [0.25, 0.3) is 0 Å². The van der Waals surface area contributed by atoms with Crippen LogP contribution in [0.25, 0.3) is 0 Å². The van der Waals surface area contributed by atoms with E-state index in [-0.39, 0.29) is 29.8 Å². The van der Waals surface area contributed by atoms with Gasteiger partial charge in [-0.05, 0) is 35.1 Å². The van der Waals surface area contributed by atoms with Gasteiger partial charge in [0.1, 0.15) is 5.82 Å². The smallest absolute Gasteiger partial charge is 0.191 e. The van der Waals surface area contributed by atoms with Gasteiger partial charge < -0.3 is 10.6 Å². The van der Waals surface area contributed by atoms with Crippen molar-refractivity contribution in [3.8, 4) is 0 Å². The predicted octanol–water partition coefficient (Wildman–Crippen LogP) is 4.17. The van der Waals surface area contributed by atoms with E-state index in [1.165, 1.54) is 11.6 Å². The minimum Gasteiger partial charge on any atom is -0.352 e. The first kappa shape index (κ1) is 20.8. The number of hydrogen-bond donors (Lipinski definition) is 2. The van der Waals surface area contributed by atoms with Crippen molar-refractivity contribution < 1.29 is 4.39 Å². The number of hydrogen-bond acceptors (Lipinski definition) is 2. The fraction of sp³-hybridized carbons (Fsp3) is 0.278. The second-order valence-corrected chi connectivity index (χ2v) is 5.98. The molecule has 3 nitrogen and oxygen atoms in total. The molecule has 0 bridgehead atoms. The lowest BCUT2D eigenvalue weighted by Gasteiger charge is -2.14. The Balaban J connectivity index is 0.00000288. The summed E-state index contributed by atoms with van der Waals surface area (Å²) >= 11 is 1.68. The van der Waals surface area contributed by atoms with Crippen LogP contribution in [0.3, 0.4) is 0 Å². The molecular formula is C18H23FIN3S. The number of aliphatic imine (C=N–C) groups is 1.